The van der Waals surface area contributed by atoms with Gasteiger partial charge in [-0.25, -0.2) is 0 Å². The summed E-state index contributed by atoms with van der Waals surface area (Å²) < 4.78 is 0. The highest BCUT2D eigenvalue weighted by atomic mass is 16.6. The quantitative estimate of drug-likeness (QED) is 0.334. The summed E-state index contributed by atoms with van der Waals surface area (Å²) >= 11 is 0. The van der Waals surface area contributed by atoms with Gasteiger partial charge in [0.1, 0.15) is 0 Å². The van der Waals surface area contributed by atoms with Gasteiger partial charge < -0.3 is 4.90 Å². The summed E-state index contributed by atoms with van der Waals surface area (Å²) in [5.74, 6) is 0. The lowest BCUT2D eigenvalue weighted by molar-refractivity contribution is -0.384. The molecular weight excluding hydrogens is 340 g/mol. The van der Waals surface area contributed by atoms with Crippen LogP contribution in [0.5, 0.6) is 0 Å². The van der Waals surface area contributed by atoms with E-state index in [0.29, 0.717) is 5.69 Å². The summed E-state index contributed by atoms with van der Waals surface area (Å²) in [7, 11) is 0. The third kappa shape index (κ3) is 3.55. The molecule has 3 aromatic rings. The van der Waals surface area contributed by atoms with Crippen molar-refractivity contribution in [1.82, 2.24) is 0 Å². The Hall–Kier alpha value is -3.54. The number of aryl methyl sites for hydroxylation is 1. The Labute approximate surface area is 156 Å². The number of fused-ring (bicyclic) bond motifs is 1. The Morgan fingerprint density at radius 1 is 0.889 bits per heavy atom. The average Bonchev–Trinajstić information content (AvgIpc) is 3.10. The van der Waals surface area contributed by atoms with Crippen LogP contribution in [-0.2, 0) is 13.1 Å². The molecule has 27 heavy (non-hydrogen) atoms. The first kappa shape index (κ1) is 16.9. The van der Waals surface area contributed by atoms with E-state index in [1.807, 2.05) is 12.1 Å². The molecule has 0 atom stereocenters. The molecule has 134 valence electrons. The van der Waals surface area contributed by atoms with E-state index in [-0.39, 0.29) is 5.69 Å². The van der Waals surface area contributed by atoms with Crippen LogP contribution in [0.4, 0.5) is 22.7 Å². The minimum absolute atomic E-state index is 0.0424. The fraction of sp³-hybridized carbons (Fsp3) is 0.143. The van der Waals surface area contributed by atoms with Gasteiger partial charge >= 0.3 is 0 Å². The summed E-state index contributed by atoms with van der Waals surface area (Å²) in [6.07, 6.45) is 0. The molecule has 1 aliphatic rings. The predicted octanol–water partition coefficient (Wildman–Crippen LogP) is 5.84. The fourth-order valence-electron chi connectivity index (χ4n) is 3.32. The molecule has 0 amide bonds. The summed E-state index contributed by atoms with van der Waals surface area (Å²) in [5.41, 5.74) is 6.46. The lowest BCUT2D eigenvalue weighted by Crippen LogP contribution is -2.15. The molecular formula is C21H18N4O2. The number of benzene rings is 3. The van der Waals surface area contributed by atoms with Crippen LogP contribution in [0, 0.1) is 17.0 Å². The third-order valence-electron chi connectivity index (χ3n) is 4.70. The molecule has 0 fully saturated rings. The topological polar surface area (TPSA) is 71.1 Å². The van der Waals surface area contributed by atoms with Gasteiger partial charge in [0.05, 0.1) is 16.3 Å². The number of nitro benzene ring substituents is 1. The number of nitro groups is 1. The van der Waals surface area contributed by atoms with Gasteiger partial charge in [-0.3, -0.25) is 10.1 Å². The van der Waals surface area contributed by atoms with Gasteiger partial charge in [0, 0.05) is 30.9 Å². The lowest BCUT2D eigenvalue weighted by atomic mass is 10.1. The van der Waals surface area contributed by atoms with Gasteiger partial charge in [-0.1, -0.05) is 24.3 Å². The smallest absolute Gasteiger partial charge is 0.269 e. The first-order valence-electron chi connectivity index (χ1n) is 8.69. The Kier molecular flexibility index (Phi) is 4.38. The van der Waals surface area contributed by atoms with E-state index in [4.69, 9.17) is 0 Å². The molecule has 3 aromatic carbocycles. The van der Waals surface area contributed by atoms with Crippen molar-refractivity contribution in [2.45, 2.75) is 20.0 Å². The van der Waals surface area contributed by atoms with E-state index < -0.39 is 4.92 Å². The molecule has 0 bridgehead atoms. The number of hydrogen-bond acceptors (Lipinski definition) is 5. The second kappa shape index (κ2) is 6.99. The molecule has 6 heteroatoms. The summed E-state index contributed by atoms with van der Waals surface area (Å²) in [6.45, 7) is 3.91. The lowest BCUT2D eigenvalue weighted by Gasteiger charge is -2.20. The zero-order valence-corrected chi connectivity index (χ0v) is 14.9. The summed E-state index contributed by atoms with van der Waals surface area (Å²) in [5, 5.41) is 19.1. The van der Waals surface area contributed by atoms with Crippen molar-refractivity contribution in [3.8, 4) is 0 Å². The van der Waals surface area contributed by atoms with Crippen molar-refractivity contribution in [1.29, 1.82) is 0 Å². The van der Waals surface area contributed by atoms with E-state index in [2.05, 4.69) is 52.4 Å². The Bertz CT molecular complexity index is 1000. The van der Waals surface area contributed by atoms with Crippen molar-refractivity contribution < 1.29 is 4.92 Å². The summed E-state index contributed by atoms with van der Waals surface area (Å²) in [6, 6.07) is 20.6. The maximum Gasteiger partial charge on any atom is 0.269 e. The molecule has 0 spiro atoms. The highest BCUT2D eigenvalue weighted by molar-refractivity contribution is 5.61. The summed E-state index contributed by atoms with van der Waals surface area (Å²) in [4.78, 5) is 12.6. The first-order chi connectivity index (χ1) is 13.1. The van der Waals surface area contributed by atoms with Crippen LogP contribution in [0.15, 0.2) is 77.0 Å². The monoisotopic (exact) mass is 358 g/mol. The fourth-order valence-corrected chi connectivity index (χ4v) is 3.32. The second-order valence-corrected chi connectivity index (χ2v) is 6.57. The zero-order valence-electron chi connectivity index (χ0n) is 14.9. The molecule has 0 saturated carbocycles. The van der Waals surface area contributed by atoms with Crippen LogP contribution >= 0.6 is 0 Å². The van der Waals surface area contributed by atoms with E-state index in [0.717, 1.165) is 24.3 Å². The van der Waals surface area contributed by atoms with Crippen LogP contribution < -0.4 is 4.90 Å². The normalized spacial score (nSPS) is 13.1. The number of rotatable bonds is 4. The maximum atomic E-state index is 10.7. The van der Waals surface area contributed by atoms with E-state index in [1.165, 1.54) is 28.9 Å². The molecule has 0 aliphatic carbocycles. The number of anilines is 1. The van der Waals surface area contributed by atoms with Crippen molar-refractivity contribution >= 4 is 22.7 Å². The minimum Gasteiger partial charge on any atom is -0.363 e. The SMILES string of the molecule is Cc1cc(N=Nc2ccc([N+](=O)[O-])cc2)ccc1N1Cc2ccccc2C1. The van der Waals surface area contributed by atoms with E-state index >= 15 is 0 Å². The van der Waals surface area contributed by atoms with Crippen molar-refractivity contribution in [2.24, 2.45) is 10.2 Å². The van der Waals surface area contributed by atoms with Gasteiger partial charge in [0.15, 0.2) is 0 Å². The number of azo groups is 1. The second-order valence-electron chi connectivity index (χ2n) is 6.57. The van der Waals surface area contributed by atoms with E-state index in [1.54, 1.807) is 12.1 Å². The maximum absolute atomic E-state index is 10.7. The number of non-ortho nitro benzene ring substituents is 1. The molecule has 1 heterocycles. The number of hydrogen-bond donors (Lipinski definition) is 0. The molecule has 0 radical (unpaired) electrons. The predicted molar refractivity (Wildman–Crippen MR) is 105 cm³/mol. The average molecular weight is 358 g/mol. The van der Waals surface area contributed by atoms with E-state index in [9.17, 15) is 10.1 Å². The highest BCUT2D eigenvalue weighted by Gasteiger charge is 2.19. The van der Waals surface area contributed by atoms with Gasteiger partial charge in [-0.15, -0.1) is 0 Å². The van der Waals surface area contributed by atoms with Crippen LogP contribution in [0.25, 0.3) is 0 Å². The van der Waals surface area contributed by atoms with Crippen molar-refractivity contribution in [3.05, 3.63) is 93.5 Å². The van der Waals surface area contributed by atoms with Gasteiger partial charge in [0.2, 0.25) is 0 Å². The highest BCUT2D eigenvalue weighted by Crippen LogP contribution is 2.32. The first-order valence-corrected chi connectivity index (χ1v) is 8.69. The Morgan fingerprint density at radius 2 is 1.48 bits per heavy atom. The molecule has 6 nitrogen and oxygen atoms in total. The van der Waals surface area contributed by atoms with Crippen LogP contribution in [0.3, 0.4) is 0 Å². The largest absolute Gasteiger partial charge is 0.363 e. The molecule has 0 unspecified atom stereocenters. The van der Waals surface area contributed by atoms with Gasteiger partial charge in [-0.05, 0) is 53.9 Å². The van der Waals surface area contributed by atoms with Gasteiger partial charge in [0.25, 0.3) is 5.69 Å². The van der Waals surface area contributed by atoms with Crippen LogP contribution in [0.2, 0.25) is 0 Å². The molecule has 0 aromatic heterocycles. The molecule has 1 aliphatic heterocycles. The molecule has 0 saturated heterocycles. The third-order valence-corrected chi connectivity index (χ3v) is 4.70. The zero-order chi connectivity index (χ0) is 18.8. The molecule has 0 N–H and O–H groups in total. The van der Waals surface area contributed by atoms with Crippen molar-refractivity contribution in [2.75, 3.05) is 4.90 Å². The molecule has 4 rings (SSSR count). The standard InChI is InChI=1S/C21H18N4O2/c1-15-12-19(23-22-18-6-9-20(10-7-18)25(26)27)8-11-21(15)24-13-16-4-2-3-5-17(16)14-24/h2-12H,13-14H2,1H3. The minimum atomic E-state index is -0.431. The number of nitrogens with zero attached hydrogens (tertiary/aromatic N) is 4. The van der Waals surface area contributed by atoms with Gasteiger partial charge in [-0.2, -0.15) is 10.2 Å². The Morgan fingerprint density at radius 3 is 2.07 bits per heavy atom. The van der Waals surface area contributed by atoms with Crippen LogP contribution in [0.1, 0.15) is 16.7 Å². The van der Waals surface area contributed by atoms with Crippen molar-refractivity contribution in [3.63, 3.8) is 0 Å². The van der Waals surface area contributed by atoms with Crippen LogP contribution in [-0.4, -0.2) is 4.92 Å². The Balaban J connectivity index is 1.50.